The van der Waals surface area contributed by atoms with Crippen LogP contribution in [0.1, 0.15) is 46.0 Å². The molecule has 0 radical (unpaired) electrons. The number of rotatable bonds is 0. The Hall–Kier alpha value is -0.700. The second-order valence-electron chi connectivity index (χ2n) is 3.41. The summed E-state index contributed by atoms with van der Waals surface area (Å²) in [5.41, 5.74) is 9.09. The highest BCUT2D eigenvalue weighted by Crippen LogP contribution is 2.21. The van der Waals surface area contributed by atoms with Crippen LogP contribution in [0, 0.1) is 0 Å². The first-order valence-electron chi connectivity index (χ1n) is 4.46. The molecule has 0 unspecified atom stereocenters. The predicted octanol–water partition coefficient (Wildman–Crippen LogP) is 3.60. The highest BCUT2D eigenvalue weighted by Gasteiger charge is 2.02. The van der Waals surface area contributed by atoms with Gasteiger partial charge in [-0.15, -0.1) is 0 Å². The Morgan fingerprint density at radius 2 is 1.73 bits per heavy atom. The highest BCUT2D eigenvalue weighted by molar-refractivity contribution is 5.05. The van der Waals surface area contributed by atoms with E-state index in [1.807, 2.05) is 0 Å². The van der Waals surface area contributed by atoms with Gasteiger partial charge in [0.05, 0.1) is 0 Å². The maximum absolute atomic E-state index is 3.25. The van der Waals surface area contributed by atoms with E-state index in [4.69, 9.17) is 0 Å². The molecular weight excluding hydrogens is 132 g/mol. The molecule has 0 bridgehead atoms. The monoisotopic (exact) mass is 148 g/mol. The van der Waals surface area contributed by atoms with Gasteiger partial charge in [0.25, 0.3) is 0 Å². The van der Waals surface area contributed by atoms with Crippen molar-refractivity contribution in [1.29, 1.82) is 0 Å². The summed E-state index contributed by atoms with van der Waals surface area (Å²) < 4.78 is 0. The summed E-state index contributed by atoms with van der Waals surface area (Å²) in [4.78, 5) is 0. The number of hydrogen-bond donors (Lipinski definition) is 0. The summed E-state index contributed by atoms with van der Waals surface area (Å²) in [6, 6.07) is 0. The zero-order valence-electron chi connectivity index (χ0n) is 7.54. The summed E-state index contributed by atoms with van der Waals surface area (Å²) >= 11 is 0. The quantitative estimate of drug-likeness (QED) is 0.460. The molecule has 0 aliphatic heterocycles. The zero-order chi connectivity index (χ0) is 8.10. The molecule has 0 nitrogen and oxygen atoms in total. The lowest BCUT2D eigenvalue weighted by molar-refractivity contribution is 0.600. The maximum Gasteiger partial charge on any atom is -0.0199 e. The molecule has 1 rings (SSSR count). The van der Waals surface area contributed by atoms with Crippen LogP contribution in [0.2, 0.25) is 0 Å². The minimum atomic E-state index is 1.23. The number of hydrogen-bond acceptors (Lipinski definition) is 0. The van der Waals surface area contributed by atoms with Crippen molar-refractivity contribution >= 4 is 0 Å². The fraction of sp³-hybridized carbons (Fsp3) is 0.636. The Morgan fingerprint density at radius 1 is 1.09 bits per heavy atom. The van der Waals surface area contributed by atoms with Gasteiger partial charge in [-0.2, -0.15) is 0 Å². The molecule has 1 aliphatic rings. The molecule has 0 aromatic carbocycles. The van der Waals surface area contributed by atoms with Crippen molar-refractivity contribution in [3.8, 4) is 0 Å². The normalized spacial score (nSPS) is 17.1. The van der Waals surface area contributed by atoms with Crippen molar-refractivity contribution in [1.82, 2.24) is 0 Å². The molecule has 0 heterocycles. The van der Waals surface area contributed by atoms with Crippen LogP contribution in [0.3, 0.4) is 0 Å². The van der Waals surface area contributed by atoms with Crippen LogP contribution < -0.4 is 0 Å². The van der Waals surface area contributed by atoms with Gasteiger partial charge in [0.15, 0.2) is 0 Å². The average Bonchev–Trinajstić information content (AvgIpc) is 2.03. The first kappa shape index (κ1) is 8.40. The van der Waals surface area contributed by atoms with Gasteiger partial charge in [-0.3, -0.25) is 0 Å². The fourth-order valence-electron chi connectivity index (χ4n) is 1.32. The topological polar surface area (TPSA) is 0 Å². The Kier molecular flexibility index (Phi) is 3.23. The van der Waals surface area contributed by atoms with E-state index in [0.717, 1.165) is 0 Å². The van der Waals surface area contributed by atoms with E-state index in [0.29, 0.717) is 0 Å². The van der Waals surface area contributed by atoms with Gasteiger partial charge in [0.1, 0.15) is 0 Å². The van der Waals surface area contributed by atoms with Gasteiger partial charge in [0, 0.05) is 0 Å². The van der Waals surface area contributed by atoms with Crippen LogP contribution in [0.15, 0.2) is 22.6 Å². The molecule has 0 atom stereocenters. The molecule has 0 N–H and O–H groups in total. The van der Waals surface area contributed by atoms with E-state index in [1.54, 1.807) is 0 Å². The molecular formula is C11H16. The van der Waals surface area contributed by atoms with E-state index in [1.165, 1.54) is 43.3 Å². The van der Waals surface area contributed by atoms with Gasteiger partial charge >= 0.3 is 0 Å². The molecule has 0 saturated heterocycles. The molecule has 1 saturated carbocycles. The predicted molar refractivity (Wildman–Crippen MR) is 48.5 cm³/mol. The third kappa shape index (κ3) is 3.28. The van der Waals surface area contributed by atoms with E-state index < -0.39 is 0 Å². The Balaban J connectivity index is 2.72. The van der Waals surface area contributed by atoms with Crippen LogP contribution in [0.25, 0.3) is 0 Å². The molecule has 1 aliphatic carbocycles. The minimum Gasteiger partial charge on any atom is -0.0718 e. The van der Waals surface area contributed by atoms with Crippen LogP contribution in [0.5, 0.6) is 0 Å². The van der Waals surface area contributed by atoms with Gasteiger partial charge in [-0.25, -0.2) is 0 Å². The van der Waals surface area contributed by atoms with Crippen molar-refractivity contribution < 1.29 is 0 Å². The third-order valence-electron chi connectivity index (χ3n) is 1.95. The van der Waals surface area contributed by atoms with E-state index in [9.17, 15) is 0 Å². The Bertz CT molecular complexity index is 208. The molecule has 0 spiro atoms. The van der Waals surface area contributed by atoms with Crippen LogP contribution in [0.4, 0.5) is 0 Å². The summed E-state index contributed by atoms with van der Waals surface area (Å²) in [6.07, 6.45) is 6.61. The summed E-state index contributed by atoms with van der Waals surface area (Å²) in [7, 11) is 0. The standard InChI is InChI=1S/C11H16/c1-10(2)8-9-11-6-4-3-5-7-11/h3-7H2,1-2H3. The lowest BCUT2D eigenvalue weighted by atomic mass is 9.96. The first-order valence-corrected chi connectivity index (χ1v) is 4.46. The maximum atomic E-state index is 3.25. The van der Waals surface area contributed by atoms with Crippen molar-refractivity contribution in [2.45, 2.75) is 46.0 Å². The smallest absolute Gasteiger partial charge is 0.0199 e. The fourth-order valence-corrected chi connectivity index (χ4v) is 1.32. The molecule has 0 aromatic heterocycles. The van der Waals surface area contributed by atoms with Crippen LogP contribution in [-0.4, -0.2) is 0 Å². The zero-order valence-corrected chi connectivity index (χ0v) is 7.54. The third-order valence-corrected chi connectivity index (χ3v) is 1.95. The van der Waals surface area contributed by atoms with E-state index in [2.05, 4.69) is 25.3 Å². The van der Waals surface area contributed by atoms with Gasteiger partial charge in [0.2, 0.25) is 0 Å². The Morgan fingerprint density at radius 3 is 2.27 bits per heavy atom. The van der Waals surface area contributed by atoms with Crippen LogP contribution in [-0.2, 0) is 0 Å². The highest BCUT2D eigenvalue weighted by atomic mass is 14.1. The van der Waals surface area contributed by atoms with Gasteiger partial charge in [-0.1, -0.05) is 17.9 Å². The molecule has 11 heavy (non-hydrogen) atoms. The second kappa shape index (κ2) is 4.23. The first-order chi connectivity index (χ1) is 5.29. The average molecular weight is 148 g/mol. The molecule has 0 heteroatoms. The van der Waals surface area contributed by atoms with Crippen LogP contribution >= 0.6 is 0 Å². The van der Waals surface area contributed by atoms with Crippen molar-refractivity contribution in [3.05, 3.63) is 22.6 Å². The molecule has 60 valence electrons. The van der Waals surface area contributed by atoms with Crippen molar-refractivity contribution in [2.24, 2.45) is 0 Å². The summed E-state index contributed by atoms with van der Waals surface area (Å²) in [6.45, 7) is 4.13. The van der Waals surface area contributed by atoms with E-state index in [-0.39, 0.29) is 0 Å². The largest absolute Gasteiger partial charge is 0.0718 e. The lowest BCUT2D eigenvalue weighted by Gasteiger charge is -2.09. The molecule has 1 fully saturated rings. The van der Waals surface area contributed by atoms with Crippen molar-refractivity contribution in [3.63, 3.8) is 0 Å². The van der Waals surface area contributed by atoms with Gasteiger partial charge < -0.3 is 0 Å². The van der Waals surface area contributed by atoms with Gasteiger partial charge in [-0.05, 0) is 50.7 Å². The minimum absolute atomic E-state index is 1.23. The van der Waals surface area contributed by atoms with E-state index >= 15 is 0 Å². The second-order valence-corrected chi connectivity index (χ2v) is 3.41. The van der Waals surface area contributed by atoms with Crippen molar-refractivity contribution in [2.75, 3.05) is 0 Å². The number of allylic oxidation sites excluding steroid dienone is 2. The molecule has 0 amide bonds. The lowest BCUT2D eigenvalue weighted by Crippen LogP contribution is -1.91. The summed E-state index contributed by atoms with van der Waals surface area (Å²) in [5, 5.41) is 0. The molecule has 0 aromatic rings. The SMILES string of the molecule is CC(C)=C=C=C1CCCCC1. The Labute approximate surface area is 69.3 Å². The summed E-state index contributed by atoms with van der Waals surface area (Å²) in [5.74, 6) is 0.